The zero-order valence-electron chi connectivity index (χ0n) is 10.6. The van der Waals surface area contributed by atoms with E-state index in [4.69, 9.17) is 0 Å². The number of hydrogen-bond acceptors (Lipinski definition) is 5. The lowest BCUT2D eigenvalue weighted by molar-refractivity contribution is 0.928. The summed E-state index contributed by atoms with van der Waals surface area (Å²) in [7, 11) is 0. The second-order valence-corrected chi connectivity index (χ2v) is 5.31. The average Bonchev–Trinajstić information content (AvgIpc) is 2.83. The number of aromatic nitrogens is 3. The molecule has 0 atom stereocenters. The van der Waals surface area contributed by atoms with E-state index in [0.29, 0.717) is 0 Å². The van der Waals surface area contributed by atoms with E-state index in [0.717, 1.165) is 35.0 Å². The molecule has 0 fully saturated rings. The van der Waals surface area contributed by atoms with Gasteiger partial charge in [-0.15, -0.1) is 16.4 Å². The first-order valence-corrected chi connectivity index (χ1v) is 7.07. The van der Waals surface area contributed by atoms with Crippen LogP contribution in [0.4, 0.5) is 5.82 Å². The van der Waals surface area contributed by atoms with Gasteiger partial charge in [0.2, 0.25) is 0 Å². The standard InChI is InChI=1S/C14H14N4S/c1-2-15-13-8-7-10(17-18-13)9-14-16-11-5-3-4-6-12(11)19-14/h3-8H,2,9H2,1H3,(H,15,18). The van der Waals surface area contributed by atoms with Gasteiger partial charge in [0.1, 0.15) is 5.82 Å². The minimum Gasteiger partial charge on any atom is -0.369 e. The van der Waals surface area contributed by atoms with Gasteiger partial charge in [0.25, 0.3) is 0 Å². The Morgan fingerprint density at radius 3 is 2.74 bits per heavy atom. The first-order valence-electron chi connectivity index (χ1n) is 6.26. The molecule has 96 valence electrons. The number of nitrogens with one attached hydrogen (secondary N) is 1. The Hall–Kier alpha value is -2.01. The normalized spacial score (nSPS) is 10.8. The lowest BCUT2D eigenvalue weighted by Gasteiger charge is -2.01. The summed E-state index contributed by atoms with van der Waals surface area (Å²) < 4.78 is 1.22. The van der Waals surface area contributed by atoms with Crippen molar-refractivity contribution < 1.29 is 0 Å². The van der Waals surface area contributed by atoms with E-state index >= 15 is 0 Å². The maximum atomic E-state index is 4.60. The summed E-state index contributed by atoms with van der Waals surface area (Å²) in [4.78, 5) is 4.60. The molecule has 2 aromatic heterocycles. The average molecular weight is 270 g/mol. The van der Waals surface area contributed by atoms with E-state index < -0.39 is 0 Å². The van der Waals surface area contributed by atoms with Crippen molar-refractivity contribution >= 4 is 27.4 Å². The SMILES string of the molecule is CCNc1ccc(Cc2nc3ccccc3s2)nn1. The van der Waals surface area contributed by atoms with Crippen molar-refractivity contribution in [2.75, 3.05) is 11.9 Å². The number of anilines is 1. The second-order valence-electron chi connectivity index (χ2n) is 4.19. The molecule has 0 saturated heterocycles. The molecule has 4 nitrogen and oxygen atoms in total. The van der Waals surface area contributed by atoms with Crippen molar-refractivity contribution in [3.05, 3.63) is 47.1 Å². The van der Waals surface area contributed by atoms with Crippen LogP contribution in [0, 0.1) is 0 Å². The Balaban J connectivity index is 1.80. The third-order valence-corrected chi connectivity index (χ3v) is 3.78. The Kier molecular flexibility index (Phi) is 3.37. The summed E-state index contributed by atoms with van der Waals surface area (Å²) in [5, 5.41) is 12.6. The quantitative estimate of drug-likeness (QED) is 0.791. The van der Waals surface area contributed by atoms with Crippen LogP contribution >= 0.6 is 11.3 Å². The summed E-state index contributed by atoms with van der Waals surface area (Å²) in [6, 6.07) is 12.1. The van der Waals surface area contributed by atoms with Gasteiger partial charge in [-0.2, -0.15) is 5.10 Å². The first kappa shape index (κ1) is 12.0. The molecule has 1 aromatic carbocycles. The topological polar surface area (TPSA) is 50.7 Å². The van der Waals surface area contributed by atoms with Crippen LogP contribution in [-0.2, 0) is 6.42 Å². The highest BCUT2D eigenvalue weighted by Gasteiger charge is 2.05. The van der Waals surface area contributed by atoms with E-state index in [1.165, 1.54) is 4.70 Å². The van der Waals surface area contributed by atoms with Crippen LogP contribution in [0.5, 0.6) is 0 Å². The van der Waals surface area contributed by atoms with Crippen molar-refractivity contribution in [3.63, 3.8) is 0 Å². The van der Waals surface area contributed by atoms with Gasteiger partial charge < -0.3 is 5.32 Å². The van der Waals surface area contributed by atoms with Gasteiger partial charge in [-0.3, -0.25) is 0 Å². The summed E-state index contributed by atoms with van der Waals surface area (Å²) in [6.45, 7) is 2.89. The Morgan fingerprint density at radius 1 is 1.11 bits per heavy atom. The minimum atomic E-state index is 0.735. The van der Waals surface area contributed by atoms with Gasteiger partial charge in [-0.05, 0) is 31.2 Å². The molecule has 0 aliphatic carbocycles. The fraction of sp³-hybridized carbons (Fsp3) is 0.214. The molecule has 1 N–H and O–H groups in total. The molecule has 5 heteroatoms. The highest BCUT2D eigenvalue weighted by atomic mass is 32.1. The van der Waals surface area contributed by atoms with Gasteiger partial charge in [0.15, 0.2) is 0 Å². The zero-order chi connectivity index (χ0) is 13.1. The van der Waals surface area contributed by atoms with Crippen LogP contribution in [0.25, 0.3) is 10.2 Å². The molecule has 3 rings (SSSR count). The van der Waals surface area contributed by atoms with Crippen LogP contribution in [0.1, 0.15) is 17.6 Å². The summed E-state index contributed by atoms with van der Waals surface area (Å²) in [5.74, 6) is 0.815. The van der Waals surface area contributed by atoms with Crippen LogP contribution in [0.3, 0.4) is 0 Å². The molecule has 0 radical (unpaired) electrons. The number of nitrogens with zero attached hydrogens (tertiary/aromatic N) is 3. The van der Waals surface area contributed by atoms with Gasteiger partial charge >= 0.3 is 0 Å². The molecule has 19 heavy (non-hydrogen) atoms. The number of fused-ring (bicyclic) bond motifs is 1. The summed E-state index contributed by atoms with van der Waals surface area (Å²) in [5.41, 5.74) is 2.00. The zero-order valence-corrected chi connectivity index (χ0v) is 11.4. The monoisotopic (exact) mass is 270 g/mol. The van der Waals surface area contributed by atoms with E-state index in [9.17, 15) is 0 Å². The van der Waals surface area contributed by atoms with Gasteiger partial charge in [-0.1, -0.05) is 12.1 Å². The maximum absolute atomic E-state index is 4.60. The van der Waals surface area contributed by atoms with E-state index in [2.05, 4.69) is 26.6 Å². The van der Waals surface area contributed by atoms with Crippen molar-refractivity contribution in [3.8, 4) is 0 Å². The highest BCUT2D eigenvalue weighted by molar-refractivity contribution is 7.18. The maximum Gasteiger partial charge on any atom is 0.148 e. The molecule has 0 aliphatic rings. The Labute approximate surface area is 115 Å². The number of rotatable bonds is 4. The lowest BCUT2D eigenvalue weighted by Crippen LogP contribution is -2.02. The molecule has 3 aromatic rings. The number of para-hydroxylation sites is 1. The van der Waals surface area contributed by atoms with E-state index in [-0.39, 0.29) is 0 Å². The molecule has 0 aliphatic heterocycles. The third-order valence-electron chi connectivity index (χ3n) is 2.75. The second kappa shape index (κ2) is 5.32. The van der Waals surface area contributed by atoms with E-state index in [1.54, 1.807) is 11.3 Å². The van der Waals surface area contributed by atoms with Gasteiger partial charge in [0.05, 0.1) is 20.9 Å². The van der Waals surface area contributed by atoms with Crippen LogP contribution in [-0.4, -0.2) is 21.7 Å². The van der Waals surface area contributed by atoms with Gasteiger partial charge in [0, 0.05) is 13.0 Å². The highest BCUT2D eigenvalue weighted by Crippen LogP contribution is 2.23. The summed E-state index contributed by atoms with van der Waals surface area (Å²) in [6.07, 6.45) is 0.735. The number of thiazole rings is 1. The fourth-order valence-electron chi connectivity index (χ4n) is 1.88. The molecule has 0 spiro atoms. The largest absolute Gasteiger partial charge is 0.369 e. The van der Waals surface area contributed by atoms with Crippen molar-refractivity contribution in [1.29, 1.82) is 0 Å². The lowest BCUT2D eigenvalue weighted by atomic mass is 10.3. The predicted molar refractivity (Wildman–Crippen MR) is 78.6 cm³/mol. The van der Waals surface area contributed by atoms with Crippen LogP contribution in [0.15, 0.2) is 36.4 Å². The molecule has 0 saturated carbocycles. The third kappa shape index (κ3) is 2.71. The number of hydrogen-bond donors (Lipinski definition) is 1. The van der Waals surface area contributed by atoms with Crippen LogP contribution in [0.2, 0.25) is 0 Å². The smallest absolute Gasteiger partial charge is 0.148 e. The summed E-state index contributed by atoms with van der Waals surface area (Å²) >= 11 is 1.71. The predicted octanol–water partition coefficient (Wildman–Crippen LogP) is 3.11. The van der Waals surface area contributed by atoms with Crippen LogP contribution < -0.4 is 5.32 Å². The molecule has 0 unspecified atom stereocenters. The first-order chi connectivity index (χ1) is 9.35. The Bertz CT molecular complexity index is 642. The molecule has 0 amide bonds. The Morgan fingerprint density at radius 2 is 2.00 bits per heavy atom. The number of benzene rings is 1. The fourth-order valence-corrected chi connectivity index (χ4v) is 2.86. The minimum absolute atomic E-state index is 0.735. The molecule has 2 heterocycles. The molecule has 0 bridgehead atoms. The van der Waals surface area contributed by atoms with E-state index in [1.807, 2.05) is 37.3 Å². The molecular weight excluding hydrogens is 256 g/mol. The molecular formula is C14H14N4S. The van der Waals surface area contributed by atoms with Crippen molar-refractivity contribution in [2.45, 2.75) is 13.3 Å². The van der Waals surface area contributed by atoms with Crippen molar-refractivity contribution in [2.24, 2.45) is 0 Å². The van der Waals surface area contributed by atoms with Crippen molar-refractivity contribution in [1.82, 2.24) is 15.2 Å². The van der Waals surface area contributed by atoms with Gasteiger partial charge in [-0.25, -0.2) is 4.98 Å².